The highest BCUT2D eigenvalue weighted by Gasteiger charge is 2.08. The van der Waals surface area contributed by atoms with Crippen molar-refractivity contribution in [2.75, 3.05) is 6.54 Å². The molecule has 0 aliphatic heterocycles. The Labute approximate surface area is 106 Å². The zero-order valence-corrected chi connectivity index (χ0v) is 10.8. The summed E-state index contributed by atoms with van der Waals surface area (Å²) in [4.78, 5) is 15.6. The minimum Gasteiger partial charge on any atom is -0.297 e. The van der Waals surface area contributed by atoms with Crippen LogP contribution in [0.5, 0.6) is 0 Å². The average Bonchev–Trinajstić information content (AvgIpc) is 2.12. The molecule has 0 N–H and O–H groups in total. The van der Waals surface area contributed by atoms with E-state index in [1.165, 1.54) is 0 Å². The van der Waals surface area contributed by atoms with Crippen LogP contribution in [-0.4, -0.2) is 18.5 Å². The summed E-state index contributed by atoms with van der Waals surface area (Å²) < 4.78 is 25.8. The highest BCUT2D eigenvalue weighted by Crippen LogP contribution is 2.10. The number of nitrogens with zero attached hydrogens (tertiary/aromatic N) is 1. The number of Topliss-reactive ketones (excluding diaryl/α,β-unsaturated/α-hetero) is 1. The summed E-state index contributed by atoms with van der Waals surface area (Å²) in [6.07, 6.45) is 1.70. The standard InChI is InChI=1S/C14H17F2NO/c1-14(2,3)9-17-8-13(18)6-10-4-11(15)7-12(16)5-10/h4-5,7,9H,6,8H2,1-3H3. The van der Waals surface area contributed by atoms with E-state index >= 15 is 0 Å². The fraction of sp³-hybridized carbons (Fsp3) is 0.429. The van der Waals surface area contributed by atoms with E-state index in [0.717, 1.165) is 18.2 Å². The van der Waals surface area contributed by atoms with Crippen molar-refractivity contribution in [3.63, 3.8) is 0 Å². The van der Waals surface area contributed by atoms with Gasteiger partial charge in [-0.3, -0.25) is 9.79 Å². The molecule has 0 aliphatic carbocycles. The number of hydrogen-bond donors (Lipinski definition) is 0. The lowest BCUT2D eigenvalue weighted by Gasteiger charge is -2.09. The monoisotopic (exact) mass is 253 g/mol. The van der Waals surface area contributed by atoms with Crippen LogP contribution < -0.4 is 0 Å². The van der Waals surface area contributed by atoms with Gasteiger partial charge in [-0.25, -0.2) is 8.78 Å². The molecule has 0 heterocycles. The van der Waals surface area contributed by atoms with Gasteiger partial charge in [-0.15, -0.1) is 0 Å². The van der Waals surface area contributed by atoms with E-state index < -0.39 is 11.6 Å². The Balaban J connectivity index is 2.57. The zero-order valence-electron chi connectivity index (χ0n) is 10.8. The highest BCUT2D eigenvalue weighted by atomic mass is 19.1. The first kappa shape index (κ1) is 14.5. The molecule has 18 heavy (non-hydrogen) atoms. The third-order valence-corrected chi connectivity index (χ3v) is 2.07. The lowest BCUT2D eigenvalue weighted by atomic mass is 9.99. The summed E-state index contributed by atoms with van der Waals surface area (Å²) >= 11 is 0. The van der Waals surface area contributed by atoms with Crippen LogP contribution in [0, 0.1) is 17.0 Å². The van der Waals surface area contributed by atoms with Crippen LogP contribution in [0.4, 0.5) is 8.78 Å². The topological polar surface area (TPSA) is 29.4 Å². The summed E-state index contributed by atoms with van der Waals surface area (Å²) in [6.45, 7) is 5.96. The average molecular weight is 253 g/mol. The third kappa shape index (κ3) is 5.66. The van der Waals surface area contributed by atoms with Crippen LogP contribution in [0.3, 0.4) is 0 Å². The fourth-order valence-corrected chi connectivity index (χ4v) is 1.42. The van der Waals surface area contributed by atoms with Crippen LogP contribution in [0.2, 0.25) is 0 Å². The molecule has 0 unspecified atom stereocenters. The number of aliphatic imine (C=N–C) groups is 1. The van der Waals surface area contributed by atoms with Gasteiger partial charge in [0, 0.05) is 18.7 Å². The molecule has 0 aromatic heterocycles. The van der Waals surface area contributed by atoms with Gasteiger partial charge in [-0.2, -0.15) is 0 Å². The molecule has 0 atom stereocenters. The largest absolute Gasteiger partial charge is 0.297 e. The Kier molecular flexibility index (Phi) is 4.70. The number of rotatable bonds is 4. The molecule has 0 spiro atoms. The Morgan fingerprint density at radius 1 is 1.22 bits per heavy atom. The van der Waals surface area contributed by atoms with E-state index in [9.17, 15) is 13.6 Å². The summed E-state index contributed by atoms with van der Waals surface area (Å²) in [5, 5.41) is 0. The Bertz CT molecular complexity index is 441. The predicted molar refractivity (Wildman–Crippen MR) is 67.9 cm³/mol. The molecule has 98 valence electrons. The Hall–Kier alpha value is -1.58. The minimum atomic E-state index is -0.670. The van der Waals surface area contributed by atoms with Gasteiger partial charge in [0.1, 0.15) is 11.6 Å². The smallest absolute Gasteiger partial charge is 0.158 e. The summed E-state index contributed by atoms with van der Waals surface area (Å²) in [5.41, 5.74) is 0.258. The maximum absolute atomic E-state index is 12.9. The number of carbonyl (C=O) groups is 1. The van der Waals surface area contributed by atoms with Crippen molar-refractivity contribution in [2.45, 2.75) is 27.2 Å². The lowest BCUT2D eigenvalue weighted by molar-refractivity contribution is -0.117. The van der Waals surface area contributed by atoms with Crippen molar-refractivity contribution in [2.24, 2.45) is 10.4 Å². The molecule has 0 aliphatic rings. The van der Waals surface area contributed by atoms with Gasteiger partial charge in [0.15, 0.2) is 5.78 Å². The maximum atomic E-state index is 12.9. The molecule has 0 bridgehead atoms. The number of carbonyl (C=O) groups excluding carboxylic acids is 1. The van der Waals surface area contributed by atoms with Gasteiger partial charge in [0.25, 0.3) is 0 Å². The van der Waals surface area contributed by atoms with E-state index in [4.69, 9.17) is 0 Å². The van der Waals surface area contributed by atoms with E-state index in [2.05, 4.69) is 4.99 Å². The van der Waals surface area contributed by atoms with Gasteiger partial charge in [-0.05, 0) is 23.1 Å². The van der Waals surface area contributed by atoms with Crippen molar-refractivity contribution in [1.29, 1.82) is 0 Å². The first-order valence-corrected chi connectivity index (χ1v) is 5.74. The van der Waals surface area contributed by atoms with Gasteiger partial charge in [0.05, 0.1) is 6.54 Å². The van der Waals surface area contributed by atoms with Crippen molar-refractivity contribution in [3.05, 3.63) is 35.4 Å². The number of ketones is 1. The van der Waals surface area contributed by atoms with E-state index in [-0.39, 0.29) is 24.2 Å². The first-order valence-electron chi connectivity index (χ1n) is 5.74. The SMILES string of the molecule is CC(C)(C)C=NCC(=O)Cc1cc(F)cc(F)c1. The minimum absolute atomic E-state index is 0.00381. The van der Waals surface area contributed by atoms with Crippen LogP contribution in [0.1, 0.15) is 26.3 Å². The molecule has 1 rings (SSSR count). The second-order valence-corrected chi connectivity index (χ2v) is 5.33. The van der Waals surface area contributed by atoms with Gasteiger partial charge in [0.2, 0.25) is 0 Å². The molecule has 0 saturated carbocycles. The normalized spacial score (nSPS) is 12.1. The van der Waals surface area contributed by atoms with Crippen molar-refractivity contribution >= 4 is 12.0 Å². The van der Waals surface area contributed by atoms with Gasteiger partial charge < -0.3 is 0 Å². The molecular weight excluding hydrogens is 236 g/mol. The predicted octanol–water partition coefficient (Wildman–Crippen LogP) is 3.19. The van der Waals surface area contributed by atoms with Crippen molar-refractivity contribution < 1.29 is 13.6 Å². The van der Waals surface area contributed by atoms with Crippen molar-refractivity contribution in [1.82, 2.24) is 0 Å². The molecular formula is C14H17F2NO. The van der Waals surface area contributed by atoms with Gasteiger partial charge in [-0.1, -0.05) is 20.8 Å². The number of hydrogen-bond acceptors (Lipinski definition) is 2. The van der Waals surface area contributed by atoms with Crippen LogP contribution in [-0.2, 0) is 11.2 Å². The van der Waals surface area contributed by atoms with Crippen LogP contribution in [0.25, 0.3) is 0 Å². The molecule has 1 aromatic rings. The summed E-state index contributed by atoms with van der Waals surface area (Å²) in [6, 6.07) is 3.11. The summed E-state index contributed by atoms with van der Waals surface area (Å²) in [5.74, 6) is -1.51. The number of benzene rings is 1. The number of halogens is 2. The second-order valence-electron chi connectivity index (χ2n) is 5.33. The molecule has 0 radical (unpaired) electrons. The van der Waals surface area contributed by atoms with Crippen LogP contribution >= 0.6 is 0 Å². The molecule has 0 fully saturated rings. The molecule has 2 nitrogen and oxygen atoms in total. The lowest BCUT2D eigenvalue weighted by Crippen LogP contribution is -2.11. The second kappa shape index (κ2) is 5.85. The molecule has 1 aromatic carbocycles. The van der Waals surface area contributed by atoms with E-state index in [1.807, 2.05) is 20.8 Å². The Morgan fingerprint density at radius 3 is 2.28 bits per heavy atom. The fourth-order valence-electron chi connectivity index (χ4n) is 1.42. The molecule has 0 saturated heterocycles. The summed E-state index contributed by atoms with van der Waals surface area (Å²) in [7, 11) is 0. The zero-order chi connectivity index (χ0) is 13.8. The first-order chi connectivity index (χ1) is 8.26. The highest BCUT2D eigenvalue weighted by molar-refractivity contribution is 5.84. The molecule has 4 heteroatoms. The van der Waals surface area contributed by atoms with E-state index in [1.54, 1.807) is 6.21 Å². The quantitative estimate of drug-likeness (QED) is 0.758. The Morgan fingerprint density at radius 2 is 1.78 bits per heavy atom. The third-order valence-electron chi connectivity index (χ3n) is 2.07. The van der Waals surface area contributed by atoms with Crippen LogP contribution in [0.15, 0.2) is 23.2 Å². The van der Waals surface area contributed by atoms with Gasteiger partial charge >= 0.3 is 0 Å². The van der Waals surface area contributed by atoms with Crippen molar-refractivity contribution in [3.8, 4) is 0 Å². The molecule has 0 amide bonds. The maximum Gasteiger partial charge on any atom is 0.158 e. The van der Waals surface area contributed by atoms with E-state index in [0.29, 0.717) is 5.56 Å².